The van der Waals surface area contributed by atoms with E-state index >= 15 is 0 Å². The van der Waals surface area contributed by atoms with Gasteiger partial charge in [0, 0.05) is 12.6 Å². The van der Waals surface area contributed by atoms with Crippen molar-refractivity contribution in [3.63, 3.8) is 0 Å². The molecule has 0 bridgehead atoms. The fraction of sp³-hybridized carbons (Fsp3) is 0.538. The van der Waals surface area contributed by atoms with Crippen LogP contribution in [-0.4, -0.2) is 21.7 Å². The minimum absolute atomic E-state index is 0.171. The molecule has 4 unspecified atom stereocenters. The number of benzene rings is 1. The third kappa shape index (κ3) is 2.31. The highest BCUT2D eigenvalue weighted by molar-refractivity contribution is 7.82. The standard InChI is InChI=1S/C13H18N2S3/c16-11-6-5-10(12(17)14-11)15-7-8-3-1-2-4-9(8)13(15)18/h1-4,10-14,16-18H,5-7H2. The van der Waals surface area contributed by atoms with Gasteiger partial charge < -0.3 is 0 Å². The molecular formula is C13H18N2S3. The molecule has 98 valence electrons. The first kappa shape index (κ1) is 13.2. The Balaban J connectivity index is 1.80. The first-order valence-corrected chi connectivity index (χ1v) is 7.85. The predicted molar refractivity (Wildman–Crippen MR) is 85.4 cm³/mol. The molecule has 0 aliphatic carbocycles. The molecule has 0 amide bonds. The zero-order chi connectivity index (χ0) is 12.7. The Kier molecular flexibility index (Phi) is 3.87. The maximum Gasteiger partial charge on any atom is 0.0794 e. The van der Waals surface area contributed by atoms with Crippen LogP contribution in [-0.2, 0) is 6.54 Å². The first-order chi connectivity index (χ1) is 8.66. The van der Waals surface area contributed by atoms with Crippen LogP contribution in [0, 0.1) is 0 Å². The Bertz CT molecular complexity index is 440. The zero-order valence-electron chi connectivity index (χ0n) is 10.0. The Morgan fingerprint density at radius 2 is 1.89 bits per heavy atom. The summed E-state index contributed by atoms with van der Waals surface area (Å²) in [6, 6.07) is 8.99. The quantitative estimate of drug-likeness (QED) is 0.596. The van der Waals surface area contributed by atoms with Gasteiger partial charge in [-0.05, 0) is 24.0 Å². The van der Waals surface area contributed by atoms with E-state index in [0.29, 0.717) is 6.04 Å². The minimum Gasteiger partial charge on any atom is -0.293 e. The Labute approximate surface area is 125 Å². The van der Waals surface area contributed by atoms with Gasteiger partial charge in [0.25, 0.3) is 0 Å². The van der Waals surface area contributed by atoms with Crippen LogP contribution < -0.4 is 5.32 Å². The van der Waals surface area contributed by atoms with Crippen LogP contribution >= 0.6 is 37.9 Å². The fourth-order valence-corrected chi connectivity index (χ4v) is 4.35. The average molecular weight is 299 g/mol. The monoisotopic (exact) mass is 298 g/mol. The second-order valence-electron chi connectivity index (χ2n) is 5.02. The van der Waals surface area contributed by atoms with Crippen molar-refractivity contribution in [2.45, 2.75) is 41.5 Å². The van der Waals surface area contributed by atoms with E-state index in [0.717, 1.165) is 19.4 Å². The molecule has 0 radical (unpaired) electrons. The maximum atomic E-state index is 4.79. The number of hydrogen-bond donors (Lipinski definition) is 4. The van der Waals surface area contributed by atoms with Crippen LogP contribution in [0.3, 0.4) is 0 Å². The molecule has 2 aliphatic heterocycles. The van der Waals surface area contributed by atoms with Crippen LogP contribution in [0.4, 0.5) is 0 Å². The fourth-order valence-electron chi connectivity index (χ4n) is 2.92. The number of fused-ring (bicyclic) bond motifs is 1. The highest BCUT2D eigenvalue weighted by Crippen LogP contribution is 2.40. The Morgan fingerprint density at radius 3 is 2.61 bits per heavy atom. The molecule has 0 saturated carbocycles. The molecule has 0 spiro atoms. The van der Waals surface area contributed by atoms with E-state index in [2.05, 4.69) is 59.7 Å². The van der Waals surface area contributed by atoms with E-state index in [4.69, 9.17) is 12.6 Å². The lowest BCUT2D eigenvalue weighted by atomic mass is 10.1. The van der Waals surface area contributed by atoms with Crippen LogP contribution in [0.25, 0.3) is 0 Å². The van der Waals surface area contributed by atoms with E-state index in [1.165, 1.54) is 11.1 Å². The summed E-state index contributed by atoms with van der Waals surface area (Å²) >= 11 is 13.9. The molecule has 1 fully saturated rings. The summed E-state index contributed by atoms with van der Waals surface area (Å²) in [6.45, 7) is 0.977. The smallest absolute Gasteiger partial charge is 0.0794 e. The molecule has 0 aromatic heterocycles. The van der Waals surface area contributed by atoms with Crippen molar-refractivity contribution in [2.75, 3.05) is 0 Å². The molecule has 1 aromatic carbocycles. The largest absolute Gasteiger partial charge is 0.293 e. The van der Waals surface area contributed by atoms with Gasteiger partial charge in [-0.1, -0.05) is 24.3 Å². The van der Waals surface area contributed by atoms with Crippen LogP contribution in [0.15, 0.2) is 24.3 Å². The van der Waals surface area contributed by atoms with Crippen molar-refractivity contribution >= 4 is 37.9 Å². The van der Waals surface area contributed by atoms with Gasteiger partial charge in [0.15, 0.2) is 0 Å². The number of rotatable bonds is 1. The van der Waals surface area contributed by atoms with Crippen molar-refractivity contribution in [2.24, 2.45) is 0 Å². The van der Waals surface area contributed by atoms with Gasteiger partial charge >= 0.3 is 0 Å². The SMILES string of the molecule is SC1CCC(N2Cc3ccccc3C2S)C(S)N1. The normalized spacial score (nSPS) is 36.6. The summed E-state index contributed by atoms with van der Waals surface area (Å²) in [5, 5.41) is 4.04. The number of thiol groups is 3. The summed E-state index contributed by atoms with van der Waals surface area (Å²) in [5.41, 5.74) is 2.74. The average Bonchev–Trinajstić information content (AvgIpc) is 2.68. The lowest BCUT2D eigenvalue weighted by Gasteiger charge is -2.40. The molecule has 1 saturated heterocycles. The van der Waals surface area contributed by atoms with Gasteiger partial charge in [0.05, 0.1) is 16.1 Å². The second-order valence-corrected chi connectivity index (χ2v) is 6.69. The van der Waals surface area contributed by atoms with Crippen molar-refractivity contribution in [3.05, 3.63) is 35.4 Å². The molecule has 5 heteroatoms. The van der Waals surface area contributed by atoms with Gasteiger partial charge in [-0.15, -0.1) is 0 Å². The Hall–Kier alpha value is 0.190. The van der Waals surface area contributed by atoms with Crippen molar-refractivity contribution in [3.8, 4) is 0 Å². The highest BCUT2D eigenvalue weighted by atomic mass is 32.1. The molecule has 2 nitrogen and oxygen atoms in total. The lowest BCUT2D eigenvalue weighted by Crippen LogP contribution is -2.52. The van der Waals surface area contributed by atoms with Crippen LogP contribution in [0.5, 0.6) is 0 Å². The minimum atomic E-state index is 0.171. The molecule has 1 N–H and O–H groups in total. The number of hydrogen-bond acceptors (Lipinski definition) is 5. The van der Waals surface area contributed by atoms with Gasteiger partial charge in [0.1, 0.15) is 0 Å². The summed E-state index contributed by atoms with van der Waals surface area (Å²) in [4.78, 5) is 2.44. The molecule has 2 heterocycles. The summed E-state index contributed by atoms with van der Waals surface area (Å²) in [6.07, 6.45) is 2.21. The van der Waals surface area contributed by atoms with E-state index in [9.17, 15) is 0 Å². The van der Waals surface area contributed by atoms with Crippen LogP contribution in [0.1, 0.15) is 29.3 Å². The van der Waals surface area contributed by atoms with E-state index in [-0.39, 0.29) is 16.1 Å². The highest BCUT2D eigenvalue weighted by Gasteiger charge is 2.37. The second kappa shape index (κ2) is 5.29. The Morgan fingerprint density at radius 1 is 1.11 bits per heavy atom. The molecule has 3 rings (SSSR count). The summed E-state index contributed by atoms with van der Waals surface area (Å²) in [5.74, 6) is 0. The summed E-state index contributed by atoms with van der Waals surface area (Å²) in [7, 11) is 0. The van der Waals surface area contributed by atoms with Crippen molar-refractivity contribution < 1.29 is 0 Å². The topological polar surface area (TPSA) is 15.3 Å². The van der Waals surface area contributed by atoms with E-state index in [1.807, 2.05) is 0 Å². The molecule has 1 aromatic rings. The third-order valence-electron chi connectivity index (χ3n) is 3.89. The molecule has 4 atom stereocenters. The van der Waals surface area contributed by atoms with Gasteiger partial charge in [-0.3, -0.25) is 10.2 Å². The van der Waals surface area contributed by atoms with Crippen LogP contribution in [0.2, 0.25) is 0 Å². The van der Waals surface area contributed by atoms with E-state index < -0.39 is 0 Å². The van der Waals surface area contributed by atoms with E-state index in [1.54, 1.807) is 0 Å². The number of nitrogens with zero attached hydrogens (tertiary/aromatic N) is 1. The van der Waals surface area contributed by atoms with Gasteiger partial charge in [-0.25, -0.2) is 0 Å². The van der Waals surface area contributed by atoms with Crippen molar-refractivity contribution in [1.82, 2.24) is 10.2 Å². The zero-order valence-corrected chi connectivity index (χ0v) is 12.7. The summed E-state index contributed by atoms with van der Waals surface area (Å²) < 4.78 is 0. The predicted octanol–water partition coefficient (Wildman–Crippen LogP) is 2.69. The molecular weight excluding hydrogens is 280 g/mol. The number of nitrogens with one attached hydrogen (secondary N) is 1. The molecule has 2 aliphatic rings. The lowest BCUT2D eigenvalue weighted by molar-refractivity contribution is 0.149. The molecule has 18 heavy (non-hydrogen) atoms. The number of piperidine rings is 1. The first-order valence-electron chi connectivity index (χ1n) is 6.30. The third-order valence-corrected chi connectivity index (χ3v) is 5.37. The van der Waals surface area contributed by atoms with Crippen molar-refractivity contribution in [1.29, 1.82) is 0 Å². The maximum absolute atomic E-state index is 4.79. The van der Waals surface area contributed by atoms with Gasteiger partial charge in [-0.2, -0.15) is 37.9 Å². The van der Waals surface area contributed by atoms with Gasteiger partial charge in [0.2, 0.25) is 0 Å².